The third-order valence-electron chi connectivity index (χ3n) is 10.8. The Bertz CT molecular complexity index is 2780. The summed E-state index contributed by atoms with van der Waals surface area (Å²) in [5, 5.41) is 2.52. The van der Waals surface area contributed by atoms with E-state index < -0.39 is 5.41 Å². The highest BCUT2D eigenvalue weighted by atomic mass is 16.5. The summed E-state index contributed by atoms with van der Waals surface area (Å²) in [6.07, 6.45) is 0. The second-order valence-electron chi connectivity index (χ2n) is 13.5. The molecule has 1 atom stereocenters. The SMILES string of the molecule is c1ccc(-c2cc(-c3ccc4c(c3)Oc3ccccc3C43c4ccccc4-n4c5ccccc5c5cccc3c54)cc(-c3ccccc3)n2)cc1. The normalized spacial score (nSPS) is 15.3. The van der Waals surface area contributed by atoms with Crippen molar-refractivity contribution < 1.29 is 4.74 Å². The Balaban J connectivity index is 1.20. The number of fused-ring (bicyclic) bond motifs is 11. The monoisotopic (exact) mass is 650 g/mol. The number of pyridine rings is 1. The van der Waals surface area contributed by atoms with Gasteiger partial charge in [-0.05, 0) is 58.7 Å². The van der Waals surface area contributed by atoms with Gasteiger partial charge < -0.3 is 9.30 Å². The van der Waals surface area contributed by atoms with E-state index in [1.54, 1.807) is 0 Å². The summed E-state index contributed by atoms with van der Waals surface area (Å²) in [6, 6.07) is 65.2. The van der Waals surface area contributed by atoms with Crippen molar-refractivity contribution in [1.29, 1.82) is 0 Å². The molecule has 0 aliphatic carbocycles. The van der Waals surface area contributed by atoms with Crippen LogP contribution >= 0.6 is 0 Å². The van der Waals surface area contributed by atoms with E-state index in [0.29, 0.717) is 0 Å². The Morgan fingerprint density at radius 1 is 0.412 bits per heavy atom. The van der Waals surface area contributed by atoms with Crippen molar-refractivity contribution in [2.24, 2.45) is 0 Å². The second-order valence-corrected chi connectivity index (χ2v) is 13.5. The van der Waals surface area contributed by atoms with E-state index >= 15 is 0 Å². The van der Waals surface area contributed by atoms with Crippen molar-refractivity contribution in [1.82, 2.24) is 9.55 Å². The molecule has 11 rings (SSSR count). The summed E-state index contributed by atoms with van der Waals surface area (Å²) in [5.74, 6) is 1.74. The Morgan fingerprint density at radius 3 is 1.80 bits per heavy atom. The Labute approximate surface area is 295 Å². The van der Waals surface area contributed by atoms with E-state index in [4.69, 9.17) is 9.72 Å². The van der Waals surface area contributed by atoms with Gasteiger partial charge in [0.25, 0.3) is 0 Å². The lowest BCUT2D eigenvalue weighted by Crippen LogP contribution is -2.37. The molecule has 3 heteroatoms. The average molecular weight is 651 g/mol. The van der Waals surface area contributed by atoms with Crippen LogP contribution in [0.4, 0.5) is 0 Å². The molecular weight excluding hydrogens is 621 g/mol. The van der Waals surface area contributed by atoms with Crippen LogP contribution in [0.5, 0.6) is 11.5 Å². The Morgan fingerprint density at radius 2 is 1.02 bits per heavy atom. The van der Waals surface area contributed by atoms with Crippen LogP contribution < -0.4 is 4.74 Å². The van der Waals surface area contributed by atoms with E-state index in [2.05, 4.69) is 174 Å². The molecule has 4 heterocycles. The number of hydrogen-bond donors (Lipinski definition) is 0. The van der Waals surface area contributed by atoms with Crippen LogP contribution in [0.1, 0.15) is 22.3 Å². The van der Waals surface area contributed by atoms with E-state index in [9.17, 15) is 0 Å². The van der Waals surface area contributed by atoms with E-state index in [0.717, 1.165) is 56.3 Å². The minimum atomic E-state index is -0.591. The standard InChI is InChI=1S/C48H30N2O/c1-3-14-31(15-4-1)41-28-34(29-42(49-41)32-16-5-2-6-17-32)33-26-27-39-46(30-33)51-45-25-12-9-21-38(45)48(39)37-20-8-11-24-44(37)50-43-23-10-7-18-35(43)36-19-13-22-40(48)47(36)50/h1-30H. The fourth-order valence-corrected chi connectivity index (χ4v) is 8.72. The highest BCUT2D eigenvalue weighted by Crippen LogP contribution is 2.60. The Kier molecular flexibility index (Phi) is 5.88. The molecule has 238 valence electrons. The van der Waals surface area contributed by atoms with E-state index in [1.807, 2.05) is 12.1 Å². The molecule has 9 aromatic rings. The van der Waals surface area contributed by atoms with Gasteiger partial charge >= 0.3 is 0 Å². The van der Waals surface area contributed by atoms with Gasteiger partial charge in [0.1, 0.15) is 11.5 Å². The summed E-state index contributed by atoms with van der Waals surface area (Å²) in [6.45, 7) is 0. The lowest BCUT2D eigenvalue weighted by atomic mass is 9.61. The quantitative estimate of drug-likeness (QED) is 0.190. The fourth-order valence-electron chi connectivity index (χ4n) is 8.72. The molecule has 3 nitrogen and oxygen atoms in total. The molecule has 2 aliphatic rings. The van der Waals surface area contributed by atoms with Crippen molar-refractivity contribution in [3.05, 3.63) is 204 Å². The van der Waals surface area contributed by atoms with Gasteiger partial charge in [-0.2, -0.15) is 0 Å². The number of nitrogens with zero attached hydrogens (tertiary/aromatic N) is 2. The van der Waals surface area contributed by atoms with Crippen LogP contribution in [0.25, 0.3) is 61.1 Å². The number of rotatable bonds is 3. The summed E-state index contributed by atoms with van der Waals surface area (Å²) in [7, 11) is 0. The van der Waals surface area contributed by atoms with Crippen molar-refractivity contribution in [3.63, 3.8) is 0 Å². The molecule has 0 radical (unpaired) electrons. The maximum atomic E-state index is 6.93. The maximum Gasteiger partial charge on any atom is 0.132 e. The van der Waals surface area contributed by atoms with Crippen molar-refractivity contribution in [2.75, 3.05) is 0 Å². The molecular formula is C48H30N2O. The second kappa shape index (κ2) is 10.6. The van der Waals surface area contributed by atoms with Crippen molar-refractivity contribution in [3.8, 4) is 50.8 Å². The van der Waals surface area contributed by atoms with E-state index in [-0.39, 0.29) is 0 Å². The molecule has 2 aromatic heterocycles. The van der Waals surface area contributed by atoms with Gasteiger partial charge in [0.2, 0.25) is 0 Å². The Hall–Kier alpha value is -6.71. The fraction of sp³-hybridized carbons (Fsp3) is 0.0208. The largest absolute Gasteiger partial charge is 0.457 e. The zero-order valence-electron chi connectivity index (χ0n) is 27.6. The maximum absolute atomic E-state index is 6.93. The summed E-state index contributed by atoms with van der Waals surface area (Å²) in [5.41, 5.74) is 14.1. The van der Waals surface area contributed by atoms with Crippen molar-refractivity contribution >= 4 is 21.8 Å². The van der Waals surface area contributed by atoms with E-state index in [1.165, 1.54) is 38.6 Å². The van der Waals surface area contributed by atoms with Gasteiger partial charge in [0.05, 0.1) is 33.5 Å². The molecule has 1 spiro atoms. The summed E-state index contributed by atoms with van der Waals surface area (Å²) >= 11 is 0. The van der Waals surface area contributed by atoms with Crippen LogP contribution in [0.2, 0.25) is 0 Å². The van der Waals surface area contributed by atoms with Crippen LogP contribution in [0, 0.1) is 0 Å². The molecule has 0 bridgehead atoms. The molecule has 0 saturated carbocycles. The van der Waals surface area contributed by atoms with Gasteiger partial charge in [-0.25, -0.2) is 4.98 Å². The first-order chi connectivity index (χ1) is 25.3. The van der Waals surface area contributed by atoms with Gasteiger partial charge in [-0.3, -0.25) is 0 Å². The molecule has 1 unspecified atom stereocenters. The van der Waals surface area contributed by atoms with Gasteiger partial charge in [0, 0.05) is 33.0 Å². The molecule has 51 heavy (non-hydrogen) atoms. The number of hydrogen-bond acceptors (Lipinski definition) is 2. The van der Waals surface area contributed by atoms with Crippen LogP contribution in [-0.2, 0) is 5.41 Å². The zero-order chi connectivity index (χ0) is 33.5. The minimum Gasteiger partial charge on any atom is -0.457 e. The van der Waals surface area contributed by atoms with Gasteiger partial charge in [-0.1, -0.05) is 146 Å². The topological polar surface area (TPSA) is 27.1 Å². The smallest absolute Gasteiger partial charge is 0.132 e. The first kappa shape index (κ1) is 28.2. The number of ether oxygens (including phenoxy) is 1. The van der Waals surface area contributed by atoms with Gasteiger partial charge in [-0.15, -0.1) is 0 Å². The lowest BCUT2D eigenvalue weighted by Gasteiger charge is -2.45. The lowest BCUT2D eigenvalue weighted by molar-refractivity contribution is 0.434. The molecule has 0 N–H and O–H groups in total. The molecule has 0 amide bonds. The highest BCUT2D eigenvalue weighted by molar-refractivity contribution is 6.12. The predicted molar refractivity (Wildman–Crippen MR) is 207 cm³/mol. The third-order valence-corrected chi connectivity index (χ3v) is 10.8. The average Bonchev–Trinajstić information content (AvgIpc) is 3.55. The summed E-state index contributed by atoms with van der Waals surface area (Å²) < 4.78 is 9.40. The third kappa shape index (κ3) is 3.92. The number of aromatic nitrogens is 2. The molecule has 2 aliphatic heterocycles. The summed E-state index contributed by atoms with van der Waals surface area (Å²) in [4.78, 5) is 5.14. The van der Waals surface area contributed by atoms with Crippen LogP contribution in [0.15, 0.2) is 182 Å². The van der Waals surface area contributed by atoms with Crippen LogP contribution in [-0.4, -0.2) is 9.55 Å². The minimum absolute atomic E-state index is 0.591. The molecule has 7 aromatic carbocycles. The zero-order valence-corrected chi connectivity index (χ0v) is 27.6. The molecule has 0 fully saturated rings. The van der Waals surface area contributed by atoms with Gasteiger partial charge in [0.15, 0.2) is 0 Å². The molecule has 0 saturated heterocycles. The number of para-hydroxylation sites is 4. The first-order valence-electron chi connectivity index (χ1n) is 17.5. The highest BCUT2D eigenvalue weighted by Gasteiger charge is 2.50. The number of benzene rings is 7. The van der Waals surface area contributed by atoms with Crippen molar-refractivity contribution in [2.45, 2.75) is 5.41 Å². The van der Waals surface area contributed by atoms with Crippen LogP contribution in [0.3, 0.4) is 0 Å². The predicted octanol–water partition coefficient (Wildman–Crippen LogP) is 12.0. The first-order valence-corrected chi connectivity index (χ1v) is 17.5.